The summed E-state index contributed by atoms with van der Waals surface area (Å²) in [5.41, 5.74) is 2.72. The van der Waals surface area contributed by atoms with E-state index in [-0.39, 0.29) is 11.9 Å². The van der Waals surface area contributed by atoms with Gasteiger partial charge in [-0.1, -0.05) is 72.4 Å². The third kappa shape index (κ3) is 5.34. The van der Waals surface area contributed by atoms with E-state index in [4.69, 9.17) is 4.74 Å². The van der Waals surface area contributed by atoms with Crippen LogP contribution >= 0.6 is 11.8 Å². The second kappa shape index (κ2) is 10.0. The van der Waals surface area contributed by atoms with Crippen molar-refractivity contribution in [3.63, 3.8) is 0 Å². The molecule has 0 bridgehead atoms. The number of aromatic nitrogens is 3. The Kier molecular flexibility index (Phi) is 6.93. The molecular weight excluding hydrogens is 439 g/mol. The number of benzene rings is 2. The number of halogens is 1. The standard InChI is InChI=1S/C25H25FN4O2S/c1-16(2)32-23(31)22-17(3)27-24-28-25(33-15-19-11-7-8-12-20(19)26)29-30(24)21(22)14-13-18-9-5-4-6-10-18/h4-14,16,21H,15H2,1-3H3,(H,27,28,29)/b14-13+. The fraction of sp³-hybridized carbons (Fsp3) is 0.240. The number of carbonyl (C=O) groups excluding carboxylic acids is 1. The Bertz CT molecular complexity index is 1200. The number of rotatable bonds is 7. The minimum Gasteiger partial charge on any atom is -0.459 e. The first-order valence-corrected chi connectivity index (χ1v) is 11.7. The smallest absolute Gasteiger partial charge is 0.338 e. The Morgan fingerprint density at radius 2 is 1.94 bits per heavy atom. The van der Waals surface area contributed by atoms with Gasteiger partial charge in [0.2, 0.25) is 11.1 Å². The SMILES string of the molecule is CC1=C(C(=O)OC(C)C)C(/C=C/c2ccccc2)n2nc(SCc3ccccc3F)nc2N1. The molecule has 2 aromatic carbocycles. The first kappa shape index (κ1) is 22.8. The highest BCUT2D eigenvalue weighted by Gasteiger charge is 2.33. The molecule has 6 nitrogen and oxygen atoms in total. The van der Waals surface area contributed by atoms with E-state index < -0.39 is 12.0 Å². The first-order chi connectivity index (χ1) is 15.9. The third-order valence-electron chi connectivity index (χ3n) is 5.02. The summed E-state index contributed by atoms with van der Waals surface area (Å²) in [7, 11) is 0. The molecule has 1 aliphatic rings. The highest BCUT2D eigenvalue weighted by Crippen LogP contribution is 2.34. The number of nitrogens with zero attached hydrogens (tertiary/aromatic N) is 3. The van der Waals surface area contributed by atoms with Crippen molar-refractivity contribution in [2.24, 2.45) is 0 Å². The summed E-state index contributed by atoms with van der Waals surface area (Å²) in [6.07, 6.45) is 3.62. The average molecular weight is 465 g/mol. The Hall–Kier alpha value is -3.39. The van der Waals surface area contributed by atoms with Gasteiger partial charge < -0.3 is 10.1 Å². The quantitative estimate of drug-likeness (QED) is 0.362. The van der Waals surface area contributed by atoms with Gasteiger partial charge in [0.15, 0.2) is 0 Å². The van der Waals surface area contributed by atoms with Crippen LogP contribution in [0.1, 0.15) is 37.9 Å². The predicted molar refractivity (Wildman–Crippen MR) is 128 cm³/mol. The van der Waals surface area contributed by atoms with Crippen LogP contribution in [0.5, 0.6) is 0 Å². The molecule has 1 atom stereocenters. The molecule has 0 saturated carbocycles. The lowest BCUT2D eigenvalue weighted by Gasteiger charge is -2.26. The van der Waals surface area contributed by atoms with Gasteiger partial charge in [0, 0.05) is 11.4 Å². The number of esters is 1. The molecule has 8 heteroatoms. The van der Waals surface area contributed by atoms with E-state index in [1.54, 1.807) is 22.9 Å². The number of fused-ring (bicyclic) bond motifs is 1. The van der Waals surface area contributed by atoms with Crippen molar-refractivity contribution in [3.05, 3.63) is 88.9 Å². The van der Waals surface area contributed by atoms with Crippen LogP contribution in [-0.4, -0.2) is 26.8 Å². The first-order valence-electron chi connectivity index (χ1n) is 10.7. The molecule has 0 aliphatic carbocycles. The molecule has 0 amide bonds. The Morgan fingerprint density at radius 1 is 1.21 bits per heavy atom. The summed E-state index contributed by atoms with van der Waals surface area (Å²) in [5.74, 6) is 0.258. The normalized spacial score (nSPS) is 15.6. The van der Waals surface area contributed by atoms with Crippen molar-refractivity contribution < 1.29 is 13.9 Å². The Morgan fingerprint density at radius 3 is 2.67 bits per heavy atom. The lowest BCUT2D eigenvalue weighted by Crippen LogP contribution is -2.29. The molecular formula is C25H25FN4O2S. The summed E-state index contributed by atoms with van der Waals surface area (Å²) in [6.45, 7) is 5.46. The molecule has 170 valence electrons. The molecule has 1 N–H and O–H groups in total. The van der Waals surface area contributed by atoms with E-state index in [0.717, 1.165) is 5.56 Å². The molecule has 1 aliphatic heterocycles. The summed E-state index contributed by atoms with van der Waals surface area (Å²) in [5, 5.41) is 8.29. The minimum absolute atomic E-state index is 0.249. The molecule has 2 heterocycles. The van der Waals surface area contributed by atoms with Gasteiger partial charge >= 0.3 is 5.97 Å². The van der Waals surface area contributed by atoms with Crippen LogP contribution in [0.15, 0.2) is 77.1 Å². The Balaban J connectivity index is 1.65. The summed E-state index contributed by atoms with van der Waals surface area (Å²) >= 11 is 1.34. The van der Waals surface area contributed by atoms with E-state index in [0.29, 0.717) is 33.7 Å². The number of hydrogen-bond acceptors (Lipinski definition) is 6. The van der Waals surface area contributed by atoms with Gasteiger partial charge in [-0.05, 0) is 38.0 Å². The van der Waals surface area contributed by atoms with Crippen molar-refractivity contribution in [1.82, 2.24) is 14.8 Å². The molecule has 4 rings (SSSR count). The minimum atomic E-state index is -0.497. The molecule has 0 fully saturated rings. The fourth-order valence-corrected chi connectivity index (χ4v) is 4.29. The number of nitrogens with one attached hydrogen (secondary N) is 1. The third-order valence-corrected chi connectivity index (χ3v) is 5.91. The lowest BCUT2D eigenvalue weighted by molar-refractivity contribution is -0.143. The second-order valence-electron chi connectivity index (χ2n) is 7.88. The van der Waals surface area contributed by atoms with Crippen molar-refractivity contribution >= 4 is 29.8 Å². The van der Waals surface area contributed by atoms with Crippen LogP contribution < -0.4 is 5.32 Å². The molecule has 33 heavy (non-hydrogen) atoms. The Labute approximate surface area is 196 Å². The number of ether oxygens (including phenoxy) is 1. The van der Waals surface area contributed by atoms with Gasteiger partial charge in [0.25, 0.3) is 0 Å². The highest BCUT2D eigenvalue weighted by molar-refractivity contribution is 7.98. The van der Waals surface area contributed by atoms with Crippen molar-refractivity contribution in [1.29, 1.82) is 0 Å². The number of anilines is 1. The van der Waals surface area contributed by atoms with Crippen LogP contribution in [0.3, 0.4) is 0 Å². The van der Waals surface area contributed by atoms with Crippen molar-refractivity contribution in [3.8, 4) is 0 Å². The van der Waals surface area contributed by atoms with Crippen LogP contribution in [0.2, 0.25) is 0 Å². The van der Waals surface area contributed by atoms with Gasteiger partial charge in [-0.2, -0.15) is 4.98 Å². The van der Waals surface area contributed by atoms with E-state index in [1.165, 1.54) is 17.8 Å². The van der Waals surface area contributed by atoms with E-state index in [2.05, 4.69) is 15.4 Å². The fourth-order valence-electron chi connectivity index (χ4n) is 3.48. The topological polar surface area (TPSA) is 69.0 Å². The number of allylic oxidation sites excluding steroid dienone is 2. The van der Waals surface area contributed by atoms with Crippen LogP contribution in [0.25, 0.3) is 6.08 Å². The zero-order valence-electron chi connectivity index (χ0n) is 18.7. The second-order valence-corrected chi connectivity index (χ2v) is 8.82. The predicted octanol–water partition coefficient (Wildman–Crippen LogP) is 5.62. The van der Waals surface area contributed by atoms with Crippen molar-refractivity contribution in [2.75, 3.05) is 5.32 Å². The maximum absolute atomic E-state index is 14.0. The van der Waals surface area contributed by atoms with Gasteiger partial charge in [0.05, 0.1) is 11.7 Å². The van der Waals surface area contributed by atoms with Crippen LogP contribution in [0.4, 0.5) is 10.3 Å². The summed E-state index contributed by atoms with van der Waals surface area (Å²) in [6, 6.07) is 16.0. The summed E-state index contributed by atoms with van der Waals surface area (Å²) < 4.78 is 21.2. The maximum atomic E-state index is 14.0. The molecule has 3 aromatic rings. The van der Waals surface area contributed by atoms with E-state index in [9.17, 15) is 9.18 Å². The van der Waals surface area contributed by atoms with Gasteiger partial charge in [-0.15, -0.1) is 5.10 Å². The van der Waals surface area contributed by atoms with Gasteiger partial charge in [-0.25, -0.2) is 13.9 Å². The van der Waals surface area contributed by atoms with Crippen LogP contribution in [-0.2, 0) is 15.3 Å². The van der Waals surface area contributed by atoms with Gasteiger partial charge in [0.1, 0.15) is 11.9 Å². The number of thioether (sulfide) groups is 1. The highest BCUT2D eigenvalue weighted by atomic mass is 32.2. The number of carbonyl (C=O) groups is 1. The number of hydrogen-bond donors (Lipinski definition) is 1. The van der Waals surface area contributed by atoms with Gasteiger partial charge in [-0.3, -0.25) is 0 Å². The summed E-state index contributed by atoms with van der Waals surface area (Å²) in [4.78, 5) is 17.5. The molecule has 0 saturated heterocycles. The molecule has 1 aromatic heterocycles. The molecule has 0 spiro atoms. The van der Waals surface area contributed by atoms with E-state index >= 15 is 0 Å². The average Bonchev–Trinajstić information content (AvgIpc) is 3.19. The zero-order chi connectivity index (χ0) is 23.4. The van der Waals surface area contributed by atoms with Crippen molar-refractivity contribution in [2.45, 2.75) is 43.8 Å². The maximum Gasteiger partial charge on any atom is 0.338 e. The largest absolute Gasteiger partial charge is 0.459 e. The monoisotopic (exact) mass is 464 g/mol. The molecule has 1 unspecified atom stereocenters. The van der Waals surface area contributed by atoms with Crippen LogP contribution in [0, 0.1) is 5.82 Å². The van der Waals surface area contributed by atoms with E-state index in [1.807, 2.05) is 63.3 Å². The zero-order valence-corrected chi connectivity index (χ0v) is 19.5. The molecule has 0 radical (unpaired) electrons. The lowest BCUT2D eigenvalue weighted by atomic mass is 10.0.